The van der Waals surface area contributed by atoms with E-state index in [2.05, 4.69) is 47.8 Å². The van der Waals surface area contributed by atoms with E-state index in [1.54, 1.807) is 111 Å². The third-order valence-electron chi connectivity index (χ3n) is 13.3. The highest BCUT2D eigenvalue weighted by Gasteiger charge is 2.37. The number of rotatable bonds is 20. The molecule has 0 fully saturated rings. The molecule has 4 aromatic carbocycles. The summed E-state index contributed by atoms with van der Waals surface area (Å²) in [5, 5.41) is 8.28. The summed E-state index contributed by atoms with van der Waals surface area (Å²) in [6.07, 6.45) is -0.212. The quantitative estimate of drug-likeness (QED) is 0.0476. The highest BCUT2D eigenvalue weighted by Crippen LogP contribution is 2.32. The fraction of sp³-hybridized carbons (Fsp3) is 0.364. The van der Waals surface area contributed by atoms with Crippen LogP contribution in [0.4, 0.5) is 9.59 Å². The van der Waals surface area contributed by atoms with Crippen LogP contribution in [0, 0.1) is 13.8 Å². The van der Waals surface area contributed by atoms with E-state index >= 15 is 0 Å². The highest BCUT2D eigenvalue weighted by atomic mass is 79.9. The van der Waals surface area contributed by atoms with Crippen LogP contribution in [0.1, 0.15) is 121 Å². The molecule has 3 N–H and O–H groups in total. The number of alkyl carbamates (subject to hydrolysis) is 2. The third-order valence-corrected chi connectivity index (χ3v) is 16.7. The molecule has 2 atom stereocenters. The number of fused-ring (bicyclic) bond motifs is 2. The molecule has 4 heterocycles. The summed E-state index contributed by atoms with van der Waals surface area (Å²) in [7, 11) is 6.54. The van der Waals surface area contributed by atoms with E-state index in [4.69, 9.17) is 31.0 Å². The molecular formula is C66H77Br2ClN10O10S2. The summed E-state index contributed by atoms with van der Waals surface area (Å²) in [6.45, 7) is 16.1. The van der Waals surface area contributed by atoms with Crippen LogP contribution < -0.4 is 27.1 Å². The number of aromatic nitrogens is 4. The third kappa shape index (κ3) is 21.5. The Labute approximate surface area is 559 Å². The van der Waals surface area contributed by atoms with Crippen molar-refractivity contribution in [2.24, 2.45) is 0 Å². The van der Waals surface area contributed by atoms with Crippen molar-refractivity contribution in [2.45, 2.75) is 105 Å². The van der Waals surface area contributed by atoms with Gasteiger partial charge in [0.2, 0.25) is 5.91 Å². The van der Waals surface area contributed by atoms with E-state index < -0.39 is 52.5 Å². The molecule has 0 spiro atoms. The van der Waals surface area contributed by atoms with Gasteiger partial charge in [0.25, 0.3) is 28.2 Å². The number of nitrogens with one attached hydrogen (secondary N) is 3. The number of amides is 5. The smallest absolute Gasteiger partial charge is 0.407 e. The van der Waals surface area contributed by atoms with E-state index in [-0.39, 0.29) is 49.0 Å². The average Bonchev–Trinajstić information content (AvgIpc) is 1.77. The Morgan fingerprint density at radius 1 is 0.582 bits per heavy atom. The number of likely N-dealkylation sites (N-methyl/N-ethyl adjacent to an activating group) is 2. The topological polar surface area (TPSA) is 236 Å². The first kappa shape index (κ1) is 72.5. The van der Waals surface area contributed by atoms with E-state index in [1.165, 1.54) is 41.9 Å². The Bertz CT molecular complexity index is 3940. The van der Waals surface area contributed by atoms with Crippen LogP contribution in [-0.4, -0.2) is 135 Å². The fourth-order valence-electron chi connectivity index (χ4n) is 8.93. The second kappa shape index (κ2) is 33.1. The lowest BCUT2D eigenvalue weighted by Crippen LogP contribution is -2.47. The molecule has 484 valence electrons. The number of ether oxygens (including phenoxy) is 2. The molecular weight excluding hydrogens is 1350 g/mol. The SMILES string of the molecule is CN(C)C(=O)C(NCCCNC(=O)OC(C)(C)C)c1nc2cc(Br)sc2c(=O)n1Cc1ccccc1.Cc1ccc(C(=O)Cl)cc1.Cc1ccc(C(=O)N(CCCNC(=O)OC(C)(C)C)C(C(=O)N(C)C)c2nc3cc(Br)sc3c(=O)n2Cc2ccccc2)cc1. The maximum Gasteiger partial charge on any atom is 0.407 e. The molecule has 5 amide bonds. The number of halogens is 3. The number of carbonyl (C=O) groups is 6. The molecule has 4 aromatic heterocycles. The lowest BCUT2D eigenvalue weighted by atomic mass is 10.1. The molecule has 8 rings (SSSR count). The van der Waals surface area contributed by atoms with E-state index in [1.807, 2.05) is 98.8 Å². The summed E-state index contributed by atoms with van der Waals surface area (Å²) < 4.78 is 16.1. The second-order valence-corrected chi connectivity index (χ2v) is 28.8. The Kier molecular flexibility index (Phi) is 26.4. The molecule has 0 aliphatic carbocycles. The van der Waals surface area contributed by atoms with Crippen molar-refractivity contribution in [3.05, 3.63) is 195 Å². The highest BCUT2D eigenvalue weighted by molar-refractivity contribution is 9.11. The molecule has 2 unspecified atom stereocenters. The van der Waals surface area contributed by atoms with Crippen molar-refractivity contribution in [3.63, 3.8) is 0 Å². The Morgan fingerprint density at radius 3 is 1.43 bits per heavy atom. The van der Waals surface area contributed by atoms with Gasteiger partial charge in [0, 0.05) is 59.0 Å². The number of benzene rings is 4. The van der Waals surface area contributed by atoms with Gasteiger partial charge in [-0.3, -0.25) is 43.2 Å². The van der Waals surface area contributed by atoms with E-state index in [9.17, 15) is 38.4 Å². The van der Waals surface area contributed by atoms with Gasteiger partial charge in [0.1, 0.15) is 38.3 Å². The number of carbonyl (C=O) groups excluding carboxylic acids is 6. The van der Waals surface area contributed by atoms with Gasteiger partial charge in [-0.1, -0.05) is 96.1 Å². The normalized spacial score (nSPS) is 11.9. The van der Waals surface area contributed by atoms with Gasteiger partial charge in [0.05, 0.1) is 31.7 Å². The van der Waals surface area contributed by atoms with Gasteiger partial charge in [0.15, 0.2) is 6.04 Å². The van der Waals surface area contributed by atoms with Crippen LogP contribution in [-0.2, 0) is 32.2 Å². The fourth-order valence-corrected chi connectivity index (χ4v) is 12.0. The van der Waals surface area contributed by atoms with Crippen LogP contribution in [0.5, 0.6) is 0 Å². The number of aryl methyl sites for hydroxylation is 2. The molecule has 0 saturated carbocycles. The summed E-state index contributed by atoms with van der Waals surface area (Å²) in [5.41, 5.74) is 4.04. The second-order valence-electron chi connectivity index (χ2n) is 23.5. The standard InChI is InChI=1S/C33H38BrN5O5S.C25H32BrN5O4S.C8H7ClO/c1-21-13-15-23(16-14-21)29(40)38(18-10-17-35-32(43)44-33(2,3)4)26(30(41)37(5)6)28-36-24-19-25(34)45-27(24)31(42)39(28)20-22-11-8-7-9-12-22;1-25(2,3)35-24(34)28-13-9-12-27-19(22(32)30(4)5)21-29-17-14-18(26)36-20(17)23(33)31(21)15-16-10-7-6-8-11-16;1-6-2-4-7(5-3-6)8(9)10/h7-9,11-16,19,26H,10,17-18,20H2,1-6H3,(H,35,43);6-8,10-11,14,19,27H,9,12-13,15H2,1-5H3,(H,28,34);2-5H,1H3. The first-order chi connectivity index (χ1) is 42.9. The lowest BCUT2D eigenvalue weighted by Gasteiger charge is -2.33. The maximum absolute atomic E-state index is 14.3. The zero-order valence-electron chi connectivity index (χ0n) is 53.0. The molecule has 25 heteroatoms. The van der Waals surface area contributed by atoms with Crippen molar-refractivity contribution >= 4 is 122 Å². The zero-order chi connectivity index (χ0) is 66.9. The first-order valence-corrected chi connectivity index (χ1v) is 32.7. The van der Waals surface area contributed by atoms with Gasteiger partial charge in [-0.05, 0) is 166 Å². The van der Waals surface area contributed by atoms with Crippen molar-refractivity contribution < 1.29 is 38.2 Å². The van der Waals surface area contributed by atoms with Gasteiger partial charge in [-0.25, -0.2) is 19.6 Å². The zero-order valence-corrected chi connectivity index (χ0v) is 58.6. The lowest BCUT2D eigenvalue weighted by molar-refractivity contribution is -0.134. The minimum absolute atomic E-state index is 0.0827. The number of hydrogen-bond donors (Lipinski definition) is 3. The molecule has 8 aromatic rings. The predicted molar refractivity (Wildman–Crippen MR) is 366 cm³/mol. The minimum Gasteiger partial charge on any atom is -0.444 e. The molecule has 0 saturated heterocycles. The first-order valence-electron chi connectivity index (χ1n) is 29.1. The van der Waals surface area contributed by atoms with Crippen LogP contribution in [0.3, 0.4) is 0 Å². The van der Waals surface area contributed by atoms with E-state index in [0.717, 1.165) is 29.8 Å². The Morgan fingerprint density at radius 2 is 1.00 bits per heavy atom. The summed E-state index contributed by atoms with van der Waals surface area (Å²) in [5.74, 6) is -0.545. The van der Waals surface area contributed by atoms with Gasteiger partial charge in [-0.2, -0.15) is 0 Å². The molecule has 20 nitrogen and oxygen atoms in total. The van der Waals surface area contributed by atoms with Crippen molar-refractivity contribution in [1.82, 2.24) is 49.8 Å². The molecule has 91 heavy (non-hydrogen) atoms. The van der Waals surface area contributed by atoms with Gasteiger partial charge in [-0.15, -0.1) is 22.7 Å². The van der Waals surface area contributed by atoms with Gasteiger partial charge >= 0.3 is 12.2 Å². The molecule has 0 radical (unpaired) electrons. The largest absolute Gasteiger partial charge is 0.444 e. The van der Waals surface area contributed by atoms with Crippen molar-refractivity contribution in [3.8, 4) is 0 Å². The minimum atomic E-state index is -1.24. The van der Waals surface area contributed by atoms with Crippen molar-refractivity contribution in [2.75, 3.05) is 54.4 Å². The number of nitrogens with zero attached hydrogens (tertiary/aromatic N) is 7. The Hall–Kier alpha value is -7.61. The van der Waals surface area contributed by atoms with E-state index in [0.29, 0.717) is 63.3 Å². The van der Waals surface area contributed by atoms with Crippen molar-refractivity contribution in [1.29, 1.82) is 0 Å². The summed E-state index contributed by atoms with van der Waals surface area (Å²) in [6, 6.07) is 34.7. The summed E-state index contributed by atoms with van der Waals surface area (Å²) in [4.78, 5) is 118. The molecule has 0 aliphatic heterocycles. The van der Waals surface area contributed by atoms with Crippen LogP contribution in [0.2, 0.25) is 0 Å². The maximum atomic E-state index is 14.3. The average molecular weight is 1430 g/mol. The van der Waals surface area contributed by atoms with Crippen LogP contribution >= 0.6 is 66.1 Å². The summed E-state index contributed by atoms with van der Waals surface area (Å²) >= 11 is 14.7. The van der Waals surface area contributed by atoms with Crippen LogP contribution in [0.25, 0.3) is 20.4 Å². The predicted octanol–water partition coefficient (Wildman–Crippen LogP) is 12.0. The Balaban J connectivity index is 0.000000255. The van der Waals surface area contributed by atoms with Gasteiger partial charge < -0.3 is 34.8 Å². The molecule has 0 aliphatic rings. The number of thiophene rings is 2. The van der Waals surface area contributed by atoms with Crippen LogP contribution in [0.15, 0.2) is 138 Å². The molecule has 0 bridgehead atoms. The monoisotopic (exact) mass is 1430 g/mol. The number of hydrogen-bond acceptors (Lipinski definition) is 15.